The maximum absolute atomic E-state index is 9.91. The van der Waals surface area contributed by atoms with Gasteiger partial charge in [-0.2, -0.15) is 10.2 Å². The number of benzene rings is 2. The maximum Gasteiger partial charge on any atom is 0.161 e. The van der Waals surface area contributed by atoms with Crippen LogP contribution in [0.5, 0.6) is 11.5 Å². The van der Waals surface area contributed by atoms with Gasteiger partial charge in [0.25, 0.3) is 0 Å². The van der Waals surface area contributed by atoms with Crippen molar-refractivity contribution in [1.29, 1.82) is 0 Å². The number of hydrogen-bond donors (Lipinski definition) is 1. The van der Waals surface area contributed by atoms with Gasteiger partial charge in [0.1, 0.15) is 0 Å². The van der Waals surface area contributed by atoms with Crippen LogP contribution in [0.15, 0.2) is 58.7 Å². The summed E-state index contributed by atoms with van der Waals surface area (Å²) in [5, 5.41) is 19.2. The summed E-state index contributed by atoms with van der Waals surface area (Å²) >= 11 is 0. The molecule has 0 spiro atoms. The minimum Gasteiger partial charge on any atom is -0.504 e. The lowest BCUT2D eigenvalue weighted by atomic mass is 9.74. The Balaban J connectivity index is 1.48. The van der Waals surface area contributed by atoms with Crippen molar-refractivity contribution in [3.05, 3.63) is 59.7 Å². The molecule has 2 aromatic rings. The standard InChI is InChI=1S/C23H27N5O2/c1-2-30-21-10-18(8-9-20(21)29)11-24-25-22(19-6-4-3-5-7-19)23-12-26-15-27(13-23)17-28(14-23)16-26/h3-11,29H,2,12-17H2,1H3/b24-11+,25-22?. The SMILES string of the molecule is CCOc1cc(/C=N/N=C(c2ccccc2)C23CN4CN(CN(C4)C2)C3)ccc1O. The number of rotatable bonds is 6. The van der Waals surface area contributed by atoms with Crippen LogP contribution in [0.3, 0.4) is 0 Å². The van der Waals surface area contributed by atoms with Gasteiger partial charge in [-0.15, -0.1) is 0 Å². The monoisotopic (exact) mass is 405 g/mol. The molecule has 0 unspecified atom stereocenters. The molecule has 4 heterocycles. The molecule has 0 atom stereocenters. The first kappa shape index (κ1) is 19.2. The van der Waals surface area contributed by atoms with Gasteiger partial charge in [-0.05, 0) is 36.2 Å². The smallest absolute Gasteiger partial charge is 0.161 e. The molecule has 1 N–H and O–H groups in total. The van der Waals surface area contributed by atoms with Gasteiger partial charge >= 0.3 is 0 Å². The predicted molar refractivity (Wildman–Crippen MR) is 117 cm³/mol. The molecule has 4 aliphatic heterocycles. The summed E-state index contributed by atoms with van der Waals surface area (Å²) in [5.41, 5.74) is 2.97. The molecule has 0 aliphatic carbocycles. The summed E-state index contributed by atoms with van der Waals surface area (Å²) < 4.78 is 5.47. The quantitative estimate of drug-likeness (QED) is 0.591. The summed E-state index contributed by atoms with van der Waals surface area (Å²) in [6.45, 7) is 8.54. The number of nitrogens with zero attached hydrogens (tertiary/aromatic N) is 5. The summed E-state index contributed by atoms with van der Waals surface area (Å²) in [6, 6.07) is 15.6. The molecule has 0 amide bonds. The molecule has 0 radical (unpaired) electrons. The van der Waals surface area contributed by atoms with Crippen LogP contribution in [0.25, 0.3) is 0 Å². The van der Waals surface area contributed by atoms with Crippen LogP contribution in [-0.2, 0) is 0 Å². The molecule has 4 bridgehead atoms. The number of aromatic hydroxyl groups is 1. The third-order valence-electron chi connectivity index (χ3n) is 5.98. The van der Waals surface area contributed by atoms with Crippen LogP contribution < -0.4 is 4.74 Å². The third-order valence-corrected chi connectivity index (χ3v) is 5.98. The zero-order valence-corrected chi connectivity index (χ0v) is 17.2. The fourth-order valence-corrected chi connectivity index (χ4v) is 5.04. The van der Waals surface area contributed by atoms with Crippen molar-refractivity contribution in [3.63, 3.8) is 0 Å². The maximum atomic E-state index is 9.91. The second kappa shape index (κ2) is 7.83. The molecule has 6 rings (SSSR count). The zero-order valence-electron chi connectivity index (χ0n) is 17.2. The van der Waals surface area contributed by atoms with Crippen LogP contribution in [-0.4, -0.2) is 78.0 Å². The van der Waals surface area contributed by atoms with Gasteiger partial charge in [0.15, 0.2) is 11.5 Å². The fraction of sp³-hybridized carbons (Fsp3) is 0.391. The Morgan fingerprint density at radius 3 is 2.33 bits per heavy atom. The first-order valence-electron chi connectivity index (χ1n) is 10.4. The Labute approximate surface area is 176 Å². The average Bonchev–Trinajstić information content (AvgIpc) is 2.73. The van der Waals surface area contributed by atoms with Crippen molar-refractivity contribution in [2.75, 3.05) is 46.2 Å². The normalized spacial score (nSPS) is 30.2. The predicted octanol–water partition coefficient (Wildman–Crippen LogP) is 2.42. The van der Waals surface area contributed by atoms with Crippen LogP contribution in [0, 0.1) is 5.41 Å². The van der Waals surface area contributed by atoms with E-state index in [1.165, 1.54) is 0 Å². The molecule has 0 saturated carbocycles. The highest BCUT2D eigenvalue weighted by molar-refractivity contribution is 6.05. The van der Waals surface area contributed by atoms with Crippen molar-refractivity contribution in [2.45, 2.75) is 6.92 Å². The van der Waals surface area contributed by atoms with Gasteiger partial charge in [-0.3, -0.25) is 14.7 Å². The number of phenols is 1. The molecule has 4 fully saturated rings. The van der Waals surface area contributed by atoms with E-state index >= 15 is 0 Å². The Hall–Kier alpha value is -2.74. The Bertz CT molecular complexity index is 938. The lowest BCUT2D eigenvalue weighted by Crippen LogP contribution is -2.74. The van der Waals surface area contributed by atoms with Gasteiger partial charge in [0, 0.05) is 19.6 Å². The van der Waals surface area contributed by atoms with E-state index in [1.807, 2.05) is 19.1 Å². The van der Waals surface area contributed by atoms with Crippen molar-refractivity contribution in [2.24, 2.45) is 15.6 Å². The second-order valence-corrected chi connectivity index (χ2v) is 8.41. The van der Waals surface area contributed by atoms with Crippen molar-refractivity contribution in [3.8, 4) is 11.5 Å². The molecule has 2 aromatic carbocycles. The van der Waals surface area contributed by atoms with Gasteiger partial charge < -0.3 is 9.84 Å². The van der Waals surface area contributed by atoms with Gasteiger partial charge in [0.2, 0.25) is 0 Å². The van der Waals surface area contributed by atoms with E-state index in [0.29, 0.717) is 12.4 Å². The Morgan fingerprint density at radius 1 is 1.03 bits per heavy atom. The minimum atomic E-state index is -0.0428. The largest absolute Gasteiger partial charge is 0.504 e. The number of ether oxygens (including phenoxy) is 1. The van der Waals surface area contributed by atoms with Gasteiger partial charge in [0.05, 0.1) is 44.0 Å². The molecular formula is C23H27N5O2. The molecule has 0 aromatic heterocycles. The highest BCUT2D eigenvalue weighted by atomic mass is 16.5. The molecule has 156 valence electrons. The zero-order chi connectivity index (χ0) is 20.6. The molecule has 4 saturated heterocycles. The van der Waals surface area contributed by atoms with Crippen LogP contribution >= 0.6 is 0 Å². The summed E-state index contributed by atoms with van der Waals surface area (Å²) in [5.74, 6) is 0.594. The summed E-state index contributed by atoms with van der Waals surface area (Å²) in [7, 11) is 0. The molecule has 30 heavy (non-hydrogen) atoms. The fourth-order valence-electron chi connectivity index (χ4n) is 5.04. The van der Waals surface area contributed by atoms with Crippen LogP contribution in [0.4, 0.5) is 0 Å². The minimum absolute atomic E-state index is 0.0428. The van der Waals surface area contributed by atoms with E-state index in [9.17, 15) is 5.11 Å². The highest BCUT2D eigenvalue weighted by Crippen LogP contribution is 2.38. The van der Waals surface area contributed by atoms with E-state index in [4.69, 9.17) is 9.84 Å². The van der Waals surface area contributed by atoms with Crippen molar-refractivity contribution in [1.82, 2.24) is 14.7 Å². The number of hydrogen-bond acceptors (Lipinski definition) is 7. The topological polar surface area (TPSA) is 63.9 Å². The molecular weight excluding hydrogens is 378 g/mol. The number of phenolic OH excluding ortho intramolecular Hbond substituents is 1. The van der Waals surface area contributed by atoms with Crippen molar-refractivity contribution < 1.29 is 9.84 Å². The molecule has 7 nitrogen and oxygen atoms in total. The Kier molecular flexibility index (Phi) is 5.02. The lowest BCUT2D eigenvalue weighted by molar-refractivity contribution is -0.149. The average molecular weight is 406 g/mol. The molecule has 7 heteroatoms. The van der Waals surface area contributed by atoms with E-state index in [1.54, 1.807) is 18.3 Å². The van der Waals surface area contributed by atoms with E-state index in [-0.39, 0.29) is 11.2 Å². The summed E-state index contributed by atoms with van der Waals surface area (Å²) in [6.07, 6.45) is 1.73. The van der Waals surface area contributed by atoms with Gasteiger partial charge in [-0.25, -0.2) is 0 Å². The summed E-state index contributed by atoms with van der Waals surface area (Å²) in [4.78, 5) is 7.48. The van der Waals surface area contributed by atoms with Gasteiger partial charge in [-0.1, -0.05) is 30.3 Å². The Morgan fingerprint density at radius 2 is 1.70 bits per heavy atom. The third kappa shape index (κ3) is 3.60. The van der Waals surface area contributed by atoms with Crippen LogP contribution in [0.1, 0.15) is 18.1 Å². The highest BCUT2D eigenvalue weighted by Gasteiger charge is 2.51. The van der Waals surface area contributed by atoms with Crippen LogP contribution in [0.2, 0.25) is 0 Å². The second-order valence-electron chi connectivity index (χ2n) is 8.41. The van der Waals surface area contributed by atoms with E-state index < -0.39 is 0 Å². The van der Waals surface area contributed by atoms with E-state index in [2.05, 4.69) is 44.1 Å². The molecule has 4 aliphatic rings. The lowest BCUT2D eigenvalue weighted by Gasteiger charge is -2.60. The first-order chi connectivity index (χ1) is 14.6. The van der Waals surface area contributed by atoms with E-state index in [0.717, 1.165) is 56.5 Å². The first-order valence-corrected chi connectivity index (χ1v) is 10.4. The van der Waals surface area contributed by atoms with Crippen molar-refractivity contribution >= 4 is 11.9 Å².